The lowest BCUT2D eigenvalue weighted by atomic mass is 10.1. The van der Waals surface area contributed by atoms with Crippen molar-refractivity contribution in [2.75, 3.05) is 17.2 Å². The van der Waals surface area contributed by atoms with E-state index in [0.717, 1.165) is 17.1 Å². The first-order chi connectivity index (χ1) is 14.4. The van der Waals surface area contributed by atoms with Crippen molar-refractivity contribution in [1.29, 1.82) is 0 Å². The zero-order valence-corrected chi connectivity index (χ0v) is 16.9. The molecule has 0 radical (unpaired) electrons. The number of hydrogen-bond donors (Lipinski definition) is 6. The number of aliphatic hydroxyl groups is 3. The third kappa shape index (κ3) is 5.09. The van der Waals surface area contributed by atoms with Gasteiger partial charge >= 0.3 is 0 Å². The van der Waals surface area contributed by atoms with Crippen LogP contribution in [0, 0.1) is 19.8 Å². The van der Waals surface area contributed by atoms with Crippen LogP contribution in [0.1, 0.15) is 17.8 Å². The van der Waals surface area contributed by atoms with Crippen molar-refractivity contribution in [1.82, 2.24) is 15.0 Å². The molecule has 2 aromatic rings. The van der Waals surface area contributed by atoms with Gasteiger partial charge in [0.05, 0.1) is 18.3 Å². The molecular formula is C20H27N7O3. The normalized spacial score (nSPS) is 24.0. The fourth-order valence-corrected chi connectivity index (χ4v) is 3.47. The number of aliphatic imine (C=N–C) groups is 1. The van der Waals surface area contributed by atoms with Crippen LogP contribution in [0.4, 0.5) is 23.1 Å². The quantitative estimate of drug-likeness (QED) is 0.362. The van der Waals surface area contributed by atoms with Crippen molar-refractivity contribution in [3.8, 4) is 0 Å². The third-order valence-corrected chi connectivity index (χ3v) is 4.88. The largest absolute Gasteiger partial charge is 0.405 e. The lowest BCUT2D eigenvalue weighted by Crippen LogP contribution is -2.35. The predicted molar refractivity (Wildman–Crippen MR) is 115 cm³/mol. The molecule has 0 aliphatic heterocycles. The van der Waals surface area contributed by atoms with E-state index in [9.17, 15) is 15.3 Å². The number of nitrogens with zero attached hydrogens (tertiary/aromatic N) is 4. The Morgan fingerprint density at radius 2 is 1.93 bits per heavy atom. The van der Waals surface area contributed by atoms with Crippen LogP contribution in [0.15, 0.2) is 35.6 Å². The topological polar surface area (TPSA) is 162 Å². The maximum atomic E-state index is 10.3. The van der Waals surface area contributed by atoms with Crippen molar-refractivity contribution < 1.29 is 15.3 Å². The minimum Gasteiger partial charge on any atom is -0.405 e. The van der Waals surface area contributed by atoms with Gasteiger partial charge in [0.1, 0.15) is 11.8 Å². The van der Waals surface area contributed by atoms with Gasteiger partial charge < -0.3 is 31.7 Å². The smallest absolute Gasteiger partial charge is 0.229 e. The van der Waals surface area contributed by atoms with Gasteiger partial charge in [-0.1, -0.05) is 0 Å². The van der Waals surface area contributed by atoms with Crippen molar-refractivity contribution in [3.05, 3.63) is 42.0 Å². The minimum atomic E-state index is -1.04. The highest BCUT2D eigenvalue weighted by Crippen LogP contribution is 2.32. The maximum absolute atomic E-state index is 10.3. The molecule has 0 aromatic carbocycles. The van der Waals surface area contributed by atoms with E-state index in [2.05, 4.69) is 30.6 Å². The maximum Gasteiger partial charge on any atom is 0.229 e. The summed E-state index contributed by atoms with van der Waals surface area (Å²) in [6, 6.07) is 3.26. The number of aryl methyl sites for hydroxylation is 2. The Balaban J connectivity index is 1.88. The van der Waals surface area contributed by atoms with Crippen LogP contribution in [0.2, 0.25) is 0 Å². The van der Waals surface area contributed by atoms with E-state index in [1.54, 1.807) is 12.3 Å². The van der Waals surface area contributed by atoms with Crippen LogP contribution in [-0.2, 0) is 0 Å². The molecule has 3 rings (SSSR count). The summed E-state index contributed by atoms with van der Waals surface area (Å²) in [6.45, 7) is 3.60. The summed E-state index contributed by atoms with van der Waals surface area (Å²) >= 11 is 0. The Morgan fingerprint density at radius 1 is 1.20 bits per heavy atom. The highest BCUT2D eigenvalue weighted by Gasteiger charge is 2.41. The van der Waals surface area contributed by atoms with Crippen molar-refractivity contribution in [2.45, 2.75) is 38.5 Å². The fourth-order valence-electron chi connectivity index (χ4n) is 3.47. The summed E-state index contributed by atoms with van der Waals surface area (Å²) in [5, 5.41) is 36.1. The zero-order valence-electron chi connectivity index (χ0n) is 16.9. The summed E-state index contributed by atoms with van der Waals surface area (Å²) in [4.78, 5) is 17.4. The molecule has 10 nitrogen and oxygen atoms in total. The van der Waals surface area contributed by atoms with Crippen LogP contribution in [-0.4, -0.2) is 61.3 Å². The summed E-state index contributed by atoms with van der Waals surface area (Å²) in [5.74, 6) is 0.306. The van der Waals surface area contributed by atoms with Gasteiger partial charge in [-0.25, -0.2) is 4.98 Å². The molecule has 1 saturated carbocycles. The first kappa shape index (κ1) is 21.6. The SMILES string of the molecule is Cc1cc(Nc2ncc(N=CC=CN)c(N[C@@H]3C[C@H](CO)[C@@H](O)[C@H]3O)n2)cc(C)n1. The second-order valence-corrected chi connectivity index (χ2v) is 7.26. The minimum absolute atomic E-state index is 0.208. The molecule has 160 valence electrons. The molecule has 10 heteroatoms. The van der Waals surface area contributed by atoms with Crippen LogP contribution < -0.4 is 16.4 Å². The molecule has 30 heavy (non-hydrogen) atoms. The Labute approximate surface area is 174 Å². The lowest BCUT2D eigenvalue weighted by Gasteiger charge is -2.20. The fraction of sp³-hybridized carbons (Fsp3) is 0.400. The molecule has 1 fully saturated rings. The molecule has 2 aromatic heterocycles. The molecule has 7 N–H and O–H groups in total. The molecule has 2 heterocycles. The summed E-state index contributed by atoms with van der Waals surface area (Å²) < 4.78 is 0. The van der Waals surface area contributed by atoms with Crippen molar-refractivity contribution in [2.24, 2.45) is 16.6 Å². The highest BCUT2D eigenvalue weighted by atomic mass is 16.3. The molecule has 0 bridgehead atoms. The van der Waals surface area contributed by atoms with Gasteiger partial charge in [0.25, 0.3) is 0 Å². The molecule has 0 saturated heterocycles. The highest BCUT2D eigenvalue weighted by molar-refractivity contribution is 5.77. The molecule has 0 amide bonds. The second kappa shape index (κ2) is 9.61. The Hall–Kier alpha value is -3.08. The van der Waals surface area contributed by atoms with Crippen molar-refractivity contribution in [3.63, 3.8) is 0 Å². The number of aromatic nitrogens is 3. The number of nitrogens with one attached hydrogen (secondary N) is 2. The lowest BCUT2D eigenvalue weighted by molar-refractivity contribution is 0.00446. The van der Waals surface area contributed by atoms with Gasteiger partial charge in [-0.05, 0) is 44.7 Å². The number of hydrogen-bond acceptors (Lipinski definition) is 10. The first-order valence-corrected chi connectivity index (χ1v) is 9.65. The summed E-state index contributed by atoms with van der Waals surface area (Å²) in [5.41, 5.74) is 8.31. The summed E-state index contributed by atoms with van der Waals surface area (Å²) in [7, 11) is 0. The molecular weight excluding hydrogens is 386 g/mol. The van der Waals surface area contributed by atoms with E-state index in [0.29, 0.717) is 23.9 Å². The van der Waals surface area contributed by atoms with Crippen LogP contribution >= 0.6 is 0 Å². The van der Waals surface area contributed by atoms with Crippen molar-refractivity contribution >= 4 is 29.4 Å². The predicted octanol–water partition coefficient (Wildman–Crippen LogP) is 0.921. The molecule has 1 aliphatic carbocycles. The zero-order chi connectivity index (χ0) is 21.7. The van der Waals surface area contributed by atoms with E-state index in [-0.39, 0.29) is 6.61 Å². The van der Waals surface area contributed by atoms with Gasteiger partial charge in [0.15, 0.2) is 5.82 Å². The van der Waals surface area contributed by atoms with Crippen LogP contribution in [0.5, 0.6) is 0 Å². The van der Waals surface area contributed by atoms with Gasteiger partial charge in [-0.15, -0.1) is 0 Å². The first-order valence-electron chi connectivity index (χ1n) is 9.65. The Bertz CT molecular complexity index is 914. The van der Waals surface area contributed by atoms with Crippen LogP contribution in [0.25, 0.3) is 0 Å². The number of rotatable bonds is 7. The number of aliphatic hydroxyl groups excluding tert-OH is 3. The van der Waals surface area contributed by atoms with E-state index in [4.69, 9.17) is 5.73 Å². The third-order valence-electron chi connectivity index (χ3n) is 4.88. The van der Waals surface area contributed by atoms with Crippen LogP contribution in [0.3, 0.4) is 0 Å². The molecule has 0 unspecified atom stereocenters. The number of nitrogens with two attached hydrogens (primary N) is 1. The average molecular weight is 413 g/mol. The summed E-state index contributed by atoms with van der Waals surface area (Å²) in [6.07, 6.45) is 4.30. The number of pyridine rings is 1. The van der Waals surface area contributed by atoms with E-state index in [1.807, 2.05) is 26.0 Å². The molecule has 0 spiro atoms. The van der Waals surface area contributed by atoms with Gasteiger partial charge in [0, 0.05) is 35.8 Å². The van der Waals surface area contributed by atoms with E-state index >= 15 is 0 Å². The number of anilines is 3. The standard InChI is InChI=1S/C20H27N7O3/c1-11-6-14(7-12(2)24-11)25-20-23-9-16(22-5-3-4-21)19(27-20)26-15-8-13(10-28)17(29)18(15)30/h3-7,9,13,15,17-18,28-30H,8,10,21H2,1-2H3,(H2,23,24,25,26,27)/t13-,15-,17-,18+/m1/s1. The van der Waals surface area contributed by atoms with Gasteiger partial charge in [0.2, 0.25) is 5.95 Å². The Kier molecular flexibility index (Phi) is 6.93. The second-order valence-electron chi connectivity index (χ2n) is 7.26. The monoisotopic (exact) mass is 413 g/mol. The molecule has 1 aliphatic rings. The number of allylic oxidation sites excluding steroid dienone is 1. The molecule has 4 atom stereocenters. The van der Waals surface area contributed by atoms with Gasteiger partial charge in [-0.2, -0.15) is 4.98 Å². The van der Waals surface area contributed by atoms with Gasteiger partial charge in [-0.3, -0.25) is 9.98 Å². The van der Waals surface area contributed by atoms with E-state index in [1.165, 1.54) is 12.4 Å². The Morgan fingerprint density at radius 3 is 2.57 bits per heavy atom. The average Bonchev–Trinajstić information content (AvgIpc) is 2.97. The van der Waals surface area contributed by atoms with E-state index < -0.39 is 24.2 Å².